The summed E-state index contributed by atoms with van der Waals surface area (Å²) in [5.74, 6) is 0.672. The molecule has 0 radical (unpaired) electrons. The van der Waals surface area contributed by atoms with Crippen molar-refractivity contribution in [2.24, 2.45) is 5.92 Å². The summed E-state index contributed by atoms with van der Waals surface area (Å²) < 4.78 is 0. The van der Waals surface area contributed by atoms with Crippen LogP contribution in [0.4, 0.5) is 5.69 Å². The van der Waals surface area contributed by atoms with E-state index in [0.717, 1.165) is 37.4 Å². The molecule has 0 aromatic carbocycles. The van der Waals surface area contributed by atoms with Gasteiger partial charge in [-0.15, -0.1) is 0 Å². The molecule has 4 nitrogen and oxygen atoms in total. The quantitative estimate of drug-likeness (QED) is 0.877. The molecule has 2 rings (SSSR count). The molecular weight excluding hydrogens is 224 g/mol. The second-order valence-corrected chi connectivity index (χ2v) is 4.76. The third kappa shape index (κ3) is 2.99. The van der Waals surface area contributed by atoms with Gasteiger partial charge in [-0.3, -0.25) is 4.98 Å². The van der Waals surface area contributed by atoms with Crippen molar-refractivity contribution >= 4 is 5.69 Å². The van der Waals surface area contributed by atoms with Crippen LogP contribution in [0, 0.1) is 17.2 Å². The van der Waals surface area contributed by atoms with Gasteiger partial charge >= 0.3 is 0 Å². The van der Waals surface area contributed by atoms with Crippen LogP contribution in [0.2, 0.25) is 0 Å². The van der Waals surface area contributed by atoms with Gasteiger partial charge in [0.1, 0.15) is 6.07 Å². The van der Waals surface area contributed by atoms with E-state index in [2.05, 4.69) is 28.2 Å². The topological polar surface area (TPSA) is 52.0 Å². The van der Waals surface area contributed by atoms with Crippen molar-refractivity contribution in [3.63, 3.8) is 0 Å². The molecule has 0 bridgehead atoms. The van der Waals surface area contributed by atoms with Crippen LogP contribution in [0.5, 0.6) is 0 Å². The fraction of sp³-hybridized carbons (Fsp3) is 0.571. The number of aromatic nitrogens is 1. The average Bonchev–Trinajstić information content (AvgIpc) is 2.46. The molecule has 1 atom stereocenters. The first-order valence-corrected chi connectivity index (χ1v) is 6.65. The van der Waals surface area contributed by atoms with Gasteiger partial charge in [0.15, 0.2) is 0 Å². The fourth-order valence-electron chi connectivity index (χ4n) is 2.52. The number of nitriles is 1. The third-order valence-electron chi connectivity index (χ3n) is 3.52. The number of nitrogens with zero attached hydrogens (tertiary/aromatic N) is 3. The minimum Gasteiger partial charge on any atom is -0.369 e. The van der Waals surface area contributed by atoms with Crippen molar-refractivity contribution < 1.29 is 0 Å². The molecule has 0 aliphatic carbocycles. The number of rotatable bonds is 4. The van der Waals surface area contributed by atoms with Gasteiger partial charge in [-0.05, 0) is 44.8 Å². The zero-order chi connectivity index (χ0) is 12.8. The van der Waals surface area contributed by atoms with E-state index in [1.165, 1.54) is 12.8 Å². The lowest BCUT2D eigenvalue weighted by Gasteiger charge is -2.31. The minimum atomic E-state index is 0.672. The number of nitrogens with one attached hydrogen (secondary N) is 1. The van der Waals surface area contributed by atoms with Crippen molar-refractivity contribution in [2.45, 2.75) is 19.8 Å². The molecule has 0 spiro atoms. The van der Waals surface area contributed by atoms with Gasteiger partial charge < -0.3 is 10.2 Å². The minimum absolute atomic E-state index is 0.672. The van der Waals surface area contributed by atoms with E-state index in [4.69, 9.17) is 5.26 Å². The van der Waals surface area contributed by atoms with Crippen LogP contribution in [0.15, 0.2) is 18.5 Å². The highest BCUT2D eigenvalue weighted by molar-refractivity contribution is 5.57. The summed E-state index contributed by atoms with van der Waals surface area (Å²) in [6.07, 6.45) is 6.00. The van der Waals surface area contributed by atoms with Crippen molar-refractivity contribution in [3.8, 4) is 6.07 Å². The van der Waals surface area contributed by atoms with Gasteiger partial charge in [-0.1, -0.05) is 0 Å². The Morgan fingerprint density at radius 1 is 1.61 bits per heavy atom. The molecule has 2 heterocycles. The van der Waals surface area contributed by atoms with Crippen LogP contribution in [0.1, 0.15) is 25.3 Å². The lowest BCUT2D eigenvalue weighted by atomic mass is 9.98. The molecule has 96 valence electrons. The molecule has 1 N–H and O–H groups in total. The van der Waals surface area contributed by atoms with E-state index < -0.39 is 0 Å². The Bertz CT molecular complexity index is 418. The second-order valence-electron chi connectivity index (χ2n) is 4.76. The van der Waals surface area contributed by atoms with Crippen molar-refractivity contribution in [1.82, 2.24) is 10.3 Å². The highest BCUT2D eigenvalue weighted by Crippen LogP contribution is 2.21. The Labute approximate surface area is 109 Å². The maximum absolute atomic E-state index is 9.15. The van der Waals surface area contributed by atoms with Crippen molar-refractivity contribution in [1.29, 1.82) is 5.26 Å². The Balaban J connectivity index is 2.10. The van der Waals surface area contributed by atoms with Gasteiger partial charge in [0.25, 0.3) is 0 Å². The first-order valence-electron chi connectivity index (χ1n) is 6.65. The fourth-order valence-corrected chi connectivity index (χ4v) is 2.52. The van der Waals surface area contributed by atoms with Gasteiger partial charge in [0.05, 0.1) is 17.4 Å². The SMILES string of the molecule is CCN(CC1CCCNC1)c1cnccc1C#N. The van der Waals surface area contributed by atoms with Crippen LogP contribution in [0.3, 0.4) is 0 Å². The number of piperidine rings is 1. The van der Waals surface area contributed by atoms with E-state index >= 15 is 0 Å². The highest BCUT2D eigenvalue weighted by atomic mass is 15.1. The number of anilines is 1. The normalized spacial score (nSPS) is 19.2. The molecule has 18 heavy (non-hydrogen) atoms. The number of hydrogen-bond acceptors (Lipinski definition) is 4. The Morgan fingerprint density at radius 3 is 3.17 bits per heavy atom. The molecule has 1 aromatic rings. The van der Waals surface area contributed by atoms with E-state index in [1.54, 1.807) is 18.5 Å². The summed E-state index contributed by atoms with van der Waals surface area (Å²) in [6.45, 7) is 6.27. The molecule has 1 saturated heterocycles. The summed E-state index contributed by atoms with van der Waals surface area (Å²) in [7, 11) is 0. The third-order valence-corrected chi connectivity index (χ3v) is 3.52. The summed E-state index contributed by atoms with van der Waals surface area (Å²) in [4.78, 5) is 6.41. The first-order chi connectivity index (χ1) is 8.85. The maximum atomic E-state index is 9.15. The average molecular weight is 244 g/mol. The molecule has 1 fully saturated rings. The van der Waals surface area contributed by atoms with Crippen LogP contribution in [-0.2, 0) is 0 Å². The molecule has 1 unspecified atom stereocenters. The van der Waals surface area contributed by atoms with Gasteiger partial charge in [-0.25, -0.2) is 0 Å². The molecule has 1 aliphatic heterocycles. The number of hydrogen-bond donors (Lipinski definition) is 1. The predicted molar refractivity (Wildman–Crippen MR) is 72.4 cm³/mol. The number of pyridine rings is 1. The Morgan fingerprint density at radius 2 is 2.50 bits per heavy atom. The van der Waals surface area contributed by atoms with Crippen LogP contribution in [-0.4, -0.2) is 31.2 Å². The monoisotopic (exact) mass is 244 g/mol. The van der Waals surface area contributed by atoms with Gasteiger partial charge in [-0.2, -0.15) is 5.26 Å². The lowest BCUT2D eigenvalue weighted by Crippen LogP contribution is -2.38. The van der Waals surface area contributed by atoms with Crippen molar-refractivity contribution in [2.75, 3.05) is 31.1 Å². The van der Waals surface area contributed by atoms with E-state index in [-0.39, 0.29) is 0 Å². The highest BCUT2D eigenvalue weighted by Gasteiger charge is 2.18. The molecule has 1 aromatic heterocycles. The Kier molecular flexibility index (Phi) is 4.54. The molecular formula is C14H20N4. The smallest absolute Gasteiger partial charge is 0.101 e. The van der Waals surface area contributed by atoms with Crippen LogP contribution in [0.25, 0.3) is 0 Å². The zero-order valence-corrected chi connectivity index (χ0v) is 10.9. The molecule has 1 aliphatic rings. The molecule has 4 heteroatoms. The molecule has 0 amide bonds. The predicted octanol–water partition coefficient (Wildman–Crippen LogP) is 1.78. The second kappa shape index (κ2) is 6.36. The van der Waals surface area contributed by atoms with E-state index in [0.29, 0.717) is 5.92 Å². The first kappa shape index (κ1) is 12.8. The lowest BCUT2D eigenvalue weighted by molar-refractivity contribution is 0.378. The molecule has 0 saturated carbocycles. The summed E-state index contributed by atoms with van der Waals surface area (Å²) in [6, 6.07) is 4.04. The zero-order valence-electron chi connectivity index (χ0n) is 10.9. The summed E-state index contributed by atoms with van der Waals surface area (Å²) in [5.41, 5.74) is 1.68. The van der Waals surface area contributed by atoms with Crippen LogP contribution < -0.4 is 10.2 Å². The van der Waals surface area contributed by atoms with Gasteiger partial charge in [0, 0.05) is 19.3 Å². The standard InChI is InChI=1S/C14H20N4/c1-2-18(11-12-4-3-6-16-9-12)14-10-17-7-5-13(14)8-15/h5,7,10,12,16H,2-4,6,9,11H2,1H3. The Hall–Kier alpha value is -1.60. The van der Waals surface area contributed by atoms with Crippen molar-refractivity contribution in [3.05, 3.63) is 24.0 Å². The summed E-state index contributed by atoms with van der Waals surface area (Å²) >= 11 is 0. The van der Waals surface area contributed by atoms with E-state index in [1.807, 2.05) is 0 Å². The van der Waals surface area contributed by atoms with Gasteiger partial charge in [0.2, 0.25) is 0 Å². The maximum Gasteiger partial charge on any atom is 0.101 e. The van der Waals surface area contributed by atoms with Crippen LogP contribution >= 0.6 is 0 Å². The van der Waals surface area contributed by atoms with E-state index in [9.17, 15) is 0 Å². The largest absolute Gasteiger partial charge is 0.369 e. The summed E-state index contributed by atoms with van der Waals surface area (Å²) in [5, 5.41) is 12.6.